The number of nitrogens with two attached hydrogens (primary N) is 1. The number of nitrogens with zero attached hydrogens (tertiary/aromatic N) is 3. The SMILES string of the molecule is CN(C)C1(CNC(=O)C(N)c2cnn(C)c2)CCCC1. The second kappa shape index (κ2) is 5.93. The Morgan fingerprint density at radius 1 is 1.55 bits per heavy atom. The van der Waals surface area contributed by atoms with Crippen molar-refractivity contribution in [1.29, 1.82) is 0 Å². The number of aryl methyl sites for hydroxylation is 1. The molecule has 3 N–H and O–H groups in total. The molecule has 0 bridgehead atoms. The molecular formula is C14H25N5O. The van der Waals surface area contributed by atoms with Gasteiger partial charge in [0.25, 0.3) is 0 Å². The summed E-state index contributed by atoms with van der Waals surface area (Å²) in [6, 6.07) is -0.649. The number of carbonyl (C=O) groups excluding carboxylic acids is 1. The summed E-state index contributed by atoms with van der Waals surface area (Å²) in [6.07, 6.45) is 8.12. The van der Waals surface area contributed by atoms with Crippen molar-refractivity contribution in [2.75, 3.05) is 20.6 Å². The van der Waals surface area contributed by atoms with Gasteiger partial charge in [-0.1, -0.05) is 12.8 Å². The second-order valence-corrected chi connectivity index (χ2v) is 5.97. The summed E-state index contributed by atoms with van der Waals surface area (Å²) in [7, 11) is 5.98. The van der Waals surface area contributed by atoms with Crippen LogP contribution in [-0.2, 0) is 11.8 Å². The molecule has 2 rings (SSSR count). The Morgan fingerprint density at radius 2 is 2.20 bits per heavy atom. The van der Waals surface area contributed by atoms with Crippen molar-refractivity contribution >= 4 is 5.91 Å². The molecule has 0 spiro atoms. The third-order valence-corrected chi connectivity index (χ3v) is 4.44. The largest absolute Gasteiger partial charge is 0.353 e. The first-order valence-electron chi connectivity index (χ1n) is 7.14. The molecule has 20 heavy (non-hydrogen) atoms. The van der Waals surface area contributed by atoms with Crippen molar-refractivity contribution in [3.8, 4) is 0 Å². The summed E-state index contributed by atoms with van der Waals surface area (Å²) in [5.41, 5.74) is 6.81. The Labute approximate surface area is 120 Å². The standard InChI is InChI=1S/C14H25N5O/c1-18(2)14(6-4-5-7-14)10-16-13(20)12(15)11-8-17-19(3)9-11/h8-9,12H,4-7,10,15H2,1-3H3,(H,16,20). The van der Waals surface area contributed by atoms with Gasteiger partial charge in [0.2, 0.25) is 5.91 Å². The predicted octanol–water partition coefficient (Wildman–Crippen LogP) is 0.411. The third-order valence-electron chi connectivity index (χ3n) is 4.44. The molecule has 1 heterocycles. The highest BCUT2D eigenvalue weighted by Gasteiger charge is 2.36. The average molecular weight is 279 g/mol. The van der Waals surface area contributed by atoms with Gasteiger partial charge in [0.1, 0.15) is 6.04 Å². The van der Waals surface area contributed by atoms with E-state index in [9.17, 15) is 4.79 Å². The maximum atomic E-state index is 12.2. The van der Waals surface area contributed by atoms with Crippen LogP contribution >= 0.6 is 0 Å². The Hall–Kier alpha value is -1.40. The van der Waals surface area contributed by atoms with Gasteiger partial charge >= 0.3 is 0 Å². The molecule has 1 unspecified atom stereocenters. The highest BCUT2D eigenvalue weighted by Crippen LogP contribution is 2.33. The molecule has 1 aliphatic rings. The molecule has 1 amide bonds. The van der Waals surface area contributed by atoms with Crippen LogP contribution in [-0.4, -0.2) is 46.8 Å². The first kappa shape index (κ1) is 15.0. The van der Waals surface area contributed by atoms with Crippen molar-refractivity contribution in [3.05, 3.63) is 18.0 Å². The van der Waals surface area contributed by atoms with Crippen molar-refractivity contribution in [1.82, 2.24) is 20.0 Å². The maximum absolute atomic E-state index is 12.2. The van der Waals surface area contributed by atoms with E-state index >= 15 is 0 Å². The zero-order valence-corrected chi connectivity index (χ0v) is 12.6. The van der Waals surface area contributed by atoms with Gasteiger partial charge in [-0.25, -0.2) is 0 Å². The number of carbonyl (C=O) groups is 1. The monoisotopic (exact) mass is 279 g/mol. The van der Waals surface area contributed by atoms with E-state index in [2.05, 4.69) is 29.4 Å². The number of hydrogen-bond acceptors (Lipinski definition) is 4. The second-order valence-electron chi connectivity index (χ2n) is 5.97. The van der Waals surface area contributed by atoms with Gasteiger partial charge in [-0.05, 0) is 26.9 Å². The van der Waals surface area contributed by atoms with Crippen molar-refractivity contribution in [2.45, 2.75) is 37.3 Å². The van der Waals surface area contributed by atoms with Gasteiger partial charge in [-0.3, -0.25) is 9.48 Å². The van der Waals surface area contributed by atoms with Crippen LogP contribution in [0.4, 0.5) is 0 Å². The number of aromatic nitrogens is 2. The fourth-order valence-corrected chi connectivity index (χ4v) is 2.93. The van der Waals surface area contributed by atoms with Gasteiger partial charge in [0.15, 0.2) is 0 Å². The van der Waals surface area contributed by atoms with E-state index in [0.29, 0.717) is 6.54 Å². The normalized spacial score (nSPS) is 19.2. The number of nitrogens with one attached hydrogen (secondary N) is 1. The van der Waals surface area contributed by atoms with Crippen molar-refractivity contribution in [2.24, 2.45) is 12.8 Å². The number of rotatable bonds is 5. The van der Waals surface area contributed by atoms with Gasteiger partial charge in [-0.15, -0.1) is 0 Å². The minimum absolute atomic E-state index is 0.0876. The number of likely N-dealkylation sites (N-methyl/N-ethyl adjacent to an activating group) is 1. The topological polar surface area (TPSA) is 76.2 Å². The van der Waals surface area contributed by atoms with Crippen LogP contribution < -0.4 is 11.1 Å². The molecule has 0 radical (unpaired) electrons. The fraction of sp³-hybridized carbons (Fsp3) is 0.714. The maximum Gasteiger partial charge on any atom is 0.241 e. The van der Waals surface area contributed by atoms with Gasteiger partial charge in [0, 0.05) is 30.9 Å². The van der Waals surface area contributed by atoms with Gasteiger partial charge in [0.05, 0.1) is 6.20 Å². The summed E-state index contributed by atoms with van der Waals surface area (Å²) >= 11 is 0. The van der Waals surface area contributed by atoms with Crippen LogP contribution in [0.5, 0.6) is 0 Å². The zero-order valence-electron chi connectivity index (χ0n) is 12.6. The molecule has 1 aromatic heterocycles. The molecule has 112 valence electrons. The van der Waals surface area contributed by atoms with Crippen molar-refractivity contribution in [3.63, 3.8) is 0 Å². The van der Waals surface area contributed by atoms with E-state index in [0.717, 1.165) is 18.4 Å². The molecule has 6 heteroatoms. The summed E-state index contributed by atoms with van der Waals surface area (Å²) in [5, 5.41) is 7.06. The first-order chi connectivity index (χ1) is 9.44. The van der Waals surface area contributed by atoms with E-state index in [1.165, 1.54) is 12.8 Å². The molecule has 1 aliphatic carbocycles. The first-order valence-corrected chi connectivity index (χ1v) is 7.14. The molecule has 1 saturated carbocycles. The van der Waals surface area contributed by atoms with E-state index in [1.807, 2.05) is 7.05 Å². The Kier molecular flexibility index (Phi) is 4.45. The lowest BCUT2D eigenvalue weighted by atomic mass is 9.96. The Balaban J connectivity index is 1.94. The van der Waals surface area contributed by atoms with E-state index in [-0.39, 0.29) is 11.4 Å². The fourth-order valence-electron chi connectivity index (χ4n) is 2.93. The minimum atomic E-state index is -0.649. The number of amides is 1. The highest BCUT2D eigenvalue weighted by molar-refractivity contribution is 5.82. The Morgan fingerprint density at radius 3 is 2.70 bits per heavy atom. The van der Waals surface area contributed by atoms with Crippen LogP contribution in [0, 0.1) is 0 Å². The zero-order chi connectivity index (χ0) is 14.8. The van der Waals surface area contributed by atoms with Crippen LogP contribution in [0.3, 0.4) is 0 Å². The predicted molar refractivity (Wildman–Crippen MR) is 78.0 cm³/mol. The van der Waals surface area contributed by atoms with Crippen LogP contribution in [0.1, 0.15) is 37.3 Å². The minimum Gasteiger partial charge on any atom is -0.353 e. The van der Waals surface area contributed by atoms with E-state index < -0.39 is 6.04 Å². The quantitative estimate of drug-likeness (QED) is 0.818. The molecule has 6 nitrogen and oxygen atoms in total. The van der Waals surface area contributed by atoms with Gasteiger partial charge < -0.3 is 16.0 Å². The summed E-state index contributed by atoms with van der Waals surface area (Å²) in [5.74, 6) is -0.133. The molecule has 1 fully saturated rings. The smallest absolute Gasteiger partial charge is 0.241 e. The average Bonchev–Trinajstić information content (AvgIpc) is 3.04. The van der Waals surface area contributed by atoms with Gasteiger partial charge in [-0.2, -0.15) is 5.10 Å². The summed E-state index contributed by atoms with van der Waals surface area (Å²) in [6.45, 7) is 0.660. The Bertz CT molecular complexity index is 462. The molecule has 1 aromatic rings. The molecule has 0 aliphatic heterocycles. The number of hydrogen-bond donors (Lipinski definition) is 2. The van der Waals surface area contributed by atoms with Crippen molar-refractivity contribution < 1.29 is 4.79 Å². The van der Waals surface area contributed by atoms with Crippen LogP contribution in [0.15, 0.2) is 12.4 Å². The molecule has 0 aromatic carbocycles. The van der Waals surface area contributed by atoms with Crippen LogP contribution in [0.25, 0.3) is 0 Å². The third kappa shape index (κ3) is 3.02. The van der Waals surface area contributed by atoms with Crippen LogP contribution in [0.2, 0.25) is 0 Å². The lowest BCUT2D eigenvalue weighted by Crippen LogP contribution is -2.52. The molecule has 0 saturated heterocycles. The van der Waals surface area contributed by atoms with E-state index in [1.54, 1.807) is 17.1 Å². The highest BCUT2D eigenvalue weighted by atomic mass is 16.2. The molecule has 1 atom stereocenters. The summed E-state index contributed by atoms with van der Waals surface area (Å²) < 4.78 is 1.65. The van der Waals surface area contributed by atoms with E-state index in [4.69, 9.17) is 5.73 Å². The lowest BCUT2D eigenvalue weighted by Gasteiger charge is -2.36. The molecular weight excluding hydrogens is 254 g/mol. The summed E-state index contributed by atoms with van der Waals surface area (Å²) in [4.78, 5) is 14.4. The lowest BCUT2D eigenvalue weighted by molar-refractivity contribution is -0.123.